The Kier molecular flexibility index (Phi) is 3.86. The van der Waals surface area contributed by atoms with Crippen LogP contribution in [-0.4, -0.2) is 47.0 Å². The third-order valence-corrected chi connectivity index (χ3v) is 7.40. The monoisotopic (exact) mass is 397 g/mol. The maximum absolute atomic E-state index is 10.7. The van der Waals surface area contributed by atoms with Crippen molar-refractivity contribution in [1.82, 2.24) is 4.90 Å². The second kappa shape index (κ2) is 5.99. The van der Waals surface area contributed by atoms with Gasteiger partial charge in [-0.3, -0.25) is 0 Å². The highest BCUT2D eigenvalue weighted by molar-refractivity contribution is 5.85. The molecule has 2 bridgehead atoms. The predicted molar refractivity (Wildman–Crippen MR) is 109 cm³/mol. The van der Waals surface area contributed by atoms with Crippen LogP contribution in [-0.2, 0) is 5.41 Å². The van der Waals surface area contributed by atoms with Crippen molar-refractivity contribution in [3.8, 4) is 11.5 Å². The number of benzene rings is 2. The Morgan fingerprint density at radius 2 is 1.89 bits per heavy atom. The Hall–Kier alpha value is -2.01. The van der Waals surface area contributed by atoms with Gasteiger partial charge in [0.05, 0.1) is 0 Å². The normalized spacial score (nSPS) is 37.0. The van der Waals surface area contributed by atoms with Crippen LogP contribution in [0.3, 0.4) is 0 Å². The second-order valence-electron chi connectivity index (χ2n) is 8.47. The number of ether oxygens (including phenoxy) is 1. The first-order chi connectivity index (χ1) is 13.1. The van der Waals surface area contributed by atoms with E-state index in [-0.39, 0.29) is 41.5 Å². The summed E-state index contributed by atoms with van der Waals surface area (Å²) in [6, 6.07) is 14.8. The van der Waals surface area contributed by atoms with Crippen LogP contribution in [0.1, 0.15) is 29.0 Å². The van der Waals surface area contributed by atoms with Crippen LogP contribution < -0.4 is 4.74 Å². The highest BCUT2D eigenvalue weighted by atomic mass is 35.5. The van der Waals surface area contributed by atoms with Crippen molar-refractivity contribution in [3.05, 3.63) is 71.3 Å². The van der Waals surface area contributed by atoms with Gasteiger partial charge in [0, 0.05) is 28.9 Å². The summed E-state index contributed by atoms with van der Waals surface area (Å²) < 4.78 is 6.27. The molecule has 2 N–H and O–H groups in total. The van der Waals surface area contributed by atoms with Crippen molar-refractivity contribution in [2.75, 3.05) is 13.6 Å². The Balaban J connectivity index is 0.00000171. The molecule has 1 fully saturated rings. The van der Waals surface area contributed by atoms with E-state index in [9.17, 15) is 10.2 Å². The highest BCUT2D eigenvalue weighted by Crippen LogP contribution is 2.65. The zero-order valence-corrected chi connectivity index (χ0v) is 16.5. The van der Waals surface area contributed by atoms with Crippen LogP contribution >= 0.6 is 12.4 Å². The van der Waals surface area contributed by atoms with Gasteiger partial charge in [0.2, 0.25) is 0 Å². The summed E-state index contributed by atoms with van der Waals surface area (Å²) in [4.78, 5) is 2.47. The molecule has 146 valence electrons. The van der Waals surface area contributed by atoms with Gasteiger partial charge < -0.3 is 19.8 Å². The molecule has 1 spiro atoms. The van der Waals surface area contributed by atoms with E-state index in [1.807, 2.05) is 6.08 Å². The van der Waals surface area contributed by atoms with Crippen molar-refractivity contribution in [2.24, 2.45) is 5.92 Å². The number of aliphatic hydroxyl groups excluding tert-OH is 1. The Labute approximate surface area is 170 Å². The third kappa shape index (κ3) is 1.98. The minimum Gasteiger partial charge on any atom is -0.504 e. The molecule has 0 aromatic heterocycles. The average molecular weight is 398 g/mol. The third-order valence-electron chi connectivity index (χ3n) is 7.40. The second-order valence-corrected chi connectivity index (χ2v) is 8.47. The number of likely N-dealkylation sites (tertiary alicyclic amines) is 1. The van der Waals surface area contributed by atoms with Crippen LogP contribution in [0.25, 0.3) is 0 Å². The lowest BCUT2D eigenvalue weighted by molar-refractivity contribution is -0.0493. The minimum absolute atomic E-state index is 0. The molecule has 0 saturated carbocycles. The van der Waals surface area contributed by atoms with E-state index in [0.717, 1.165) is 18.5 Å². The first kappa shape index (κ1) is 18.0. The topological polar surface area (TPSA) is 52.9 Å². The molecule has 6 atom stereocenters. The lowest BCUT2D eigenvalue weighted by Crippen LogP contribution is -2.65. The van der Waals surface area contributed by atoms with Gasteiger partial charge in [0.15, 0.2) is 11.5 Å². The fourth-order valence-corrected chi connectivity index (χ4v) is 6.38. The zero-order chi connectivity index (χ0) is 18.3. The molecular weight excluding hydrogens is 374 g/mol. The molecule has 2 aromatic carbocycles. The number of aliphatic hydroxyl groups is 1. The summed E-state index contributed by atoms with van der Waals surface area (Å²) in [6.07, 6.45) is 4.08. The van der Waals surface area contributed by atoms with E-state index in [2.05, 4.69) is 54.4 Å². The van der Waals surface area contributed by atoms with Crippen molar-refractivity contribution < 1.29 is 14.9 Å². The van der Waals surface area contributed by atoms with E-state index in [4.69, 9.17) is 4.74 Å². The van der Waals surface area contributed by atoms with Crippen molar-refractivity contribution in [1.29, 1.82) is 0 Å². The Bertz CT molecular complexity index is 962. The Morgan fingerprint density at radius 3 is 2.68 bits per heavy atom. The number of phenolic OH excluding ortho intramolecular Hbond substituents is 1. The highest BCUT2D eigenvalue weighted by Gasteiger charge is 2.66. The number of rotatable bonds is 1. The van der Waals surface area contributed by atoms with Crippen LogP contribution in [0.5, 0.6) is 11.5 Å². The number of likely N-dealkylation sites (N-methyl/N-ethyl adjacent to an activating group) is 1. The van der Waals surface area contributed by atoms with E-state index in [1.54, 1.807) is 6.07 Å². The molecule has 4 aliphatic rings. The maximum Gasteiger partial charge on any atom is 0.165 e. The summed E-state index contributed by atoms with van der Waals surface area (Å²) in [5, 5.41) is 21.3. The van der Waals surface area contributed by atoms with Crippen LogP contribution in [0.15, 0.2) is 54.6 Å². The molecule has 2 aliphatic heterocycles. The van der Waals surface area contributed by atoms with E-state index < -0.39 is 6.10 Å². The first-order valence-corrected chi connectivity index (χ1v) is 9.77. The largest absolute Gasteiger partial charge is 0.504 e. The lowest BCUT2D eigenvalue weighted by Gasteiger charge is -2.59. The number of hydrogen-bond acceptors (Lipinski definition) is 4. The standard InChI is InChI=1S/C23H23NO3.ClH/c1-24-12-11-23-15-8-10-17(26)22(23)27-21-16(25)9-7-14(19(21)23)18(20(15)24)13-5-3-2-4-6-13;/h2-10,15,17-18,20,22,25-26H,11-12H2,1H3;1H/t15-,17-,18?,20-,22-,23-;/m0./s1. The molecule has 2 aromatic rings. The van der Waals surface area contributed by atoms with Gasteiger partial charge in [0.25, 0.3) is 0 Å². The van der Waals surface area contributed by atoms with Crippen molar-refractivity contribution >= 4 is 12.4 Å². The predicted octanol–water partition coefficient (Wildman–Crippen LogP) is 3.21. The summed E-state index contributed by atoms with van der Waals surface area (Å²) in [6.45, 7) is 0.958. The molecule has 1 unspecified atom stereocenters. The van der Waals surface area contributed by atoms with E-state index in [0.29, 0.717) is 11.8 Å². The fraction of sp³-hybridized carbons (Fsp3) is 0.391. The molecule has 1 saturated heterocycles. The zero-order valence-electron chi connectivity index (χ0n) is 15.7. The van der Waals surface area contributed by atoms with Gasteiger partial charge in [-0.1, -0.05) is 48.6 Å². The SMILES string of the molecule is CN1CC[C@]23c4c5ccc(O)c4O[C@H]2[C@@H](O)C=C[C@H]3[C@H]1C5c1ccccc1.Cl. The van der Waals surface area contributed by atoms with Gasteiger partial charge in [-0.2, -0.15) is 0 Å². The molecule has 5 heteroatoms. The molecule has 28 heavy (non-hydrogen) atoms. The maximum atomic E-state index is 10.7. The van der Waals surface area contributed by atoms with E-state index in [1.165, 1.54) is 11.1 Å². The van der Waals surface area contributed by atoms with Crippen molar-refractivity contribution in [2.45, 2.75) is 36.0 Å². The molecular formula is C23H24ClNO3. The molecule has 6 rings (SSSR count). The molecule has 2 heterocycles. The molecule has 4 nitrogen and oxygen atoms in total. The number of phenols is 1. The summed E-state index contributed by atoms with van der Waals surface area (Å²) in [5.74, 6) is 1.25. The van der Waals surface area contributed by atoms with Crippen LogP contribution in [0.2, 0.25) is 0 Å². The summed E-state index contributed by atoms with van der Waals surface area (Å²) in [7, 11) is 2.21. The van der Waals surface area contributed by atoms with Crippen LogP contribution in [0, 0.1) is 5.92 Å². The Morgan fingerprint density at radius 1 is 1.11 bits per heavy atom. The summed E-state index contributed by atoms with van der Waals surface area (Å²) in [5.41, 5.74) is 3.42. The number of hydrogen-bond donors (Lipinski definition) is 2. The van der Waals surface area contributed by atoms with Gasteiger partial charge >= 0.3 is 0 Å². The van der Waals surface area contributed by atoms with Gasteiger partial charge in [0.1, 0.15) is 12.2 Å². The first-order valence-electron chi connectivity index (χ1n) is 9.77. The van der Waals surface area contributed by atoms with E-state index >= 15 is 0 Å². The number of piperidine rings is 1. The quantitative estimate of drug-likeness (QED) is 0.725. The van der Waals surface area contributed by atoms with Crippen LogP contribution in [0.4, 0.5) is 0 Å². The van der Waals surface area contributed by atoms with Gasteiger partial charge in [-0.05, 0) is 37.2 Å². The number of aromatic hydroxyl groups is 1. The van der Waals surface area contributed by atoms with Gasteiger partial charge in [-0.15, -0.1) is 12.4 Å². The van der Waals surface area contributed by atoms with Gasteiger partial charge in [-0.25, -0.2) is 0 Å². The molecule has 0 amide bonds. The van der Waals surface area contributed by atoms with Crippen molar-refractivity contribution in [3.63, 3.8) is 0 Å². The molecule has 2 aliphatic carbocycles. The smallest absolute Gasteiger partial charge is 0.165 e. The molecule has 0 radical (unpaired) electrons. The minimum atomic E-state index is -0.641. The number of nitrogens with zero attached hydrogens (tertiary/aromatic N) is 1. The average Bonchev–Trinajstić information content (AvgIpc) is 3.04. The number of halogens is 1. The lowest BCUT2D eigenvalue weighted by atomic mass is 9.50. The summed E-state index contributed by atoms with van der Waals surface area (Å²) >= 11 is 0. The fourth-order valence-electron chi connectivity index (χ4n) is 6.38.